The summed E-state index contributed by atoms with van der Waals surface area (Å²) in [6.45, 7) is 1.97. The summed E-state index contributed by atoms with van der Waals surface area (Å²) >= 11 is 1.89. The van der Waals surface area contributed by atoms with Crippen LogP contribution < -0.4 is 10.1 Å². The molecule has 1 aliphatic rings. The number of benzene rings is 1. The van der Waals surface area contributed by atoms with Crippen LogP contribution in [-0.2, 0) is 0 Å². The van der Waals surface area contributed by atoms with Gasteiger partial charge in [-0.1, -0.05) is 30.3 Å². The molecule has 1 aliphatic heterocycles. The summed E-state index contributed by atoms with van der Waals surface area (Å²) in [6.07, 6.45) is 2.86. The van der Waals surface area contributed by atoms with E-state index >= 15 is 0 Å². The second kappa shape index (κ2) is 7.51. The molecule has 23 heavy (non-hydrogen) atoms. The van der Waals surface area contributed by atoms with Crippen molar-refractivity contribution in [2.24, 2.45) is 0 Å². The zero-order valence-electron chi connectivity index (χ0n) is 13.1. The second-order valence-electron chi connectivity index (χ2n) is 5.59. The number of ether oxygens (including phenoxy) is 1. The molecular weight excluding hydrogens is 308 g/mol. The first kappa shape index (κ1) is 15.9. The smallest absolute Gasteiger partial charge is 0.252 e. The van der Waals surface area contributed by atoms with E-state index in [2.05, 4.69) is 10.3 Å². The van der Waals surface area contributed by atoms with Crippen LogP contribution in [0.2, 0.25) is 0 Å². The maximum Gasteiger partial charge on any atom is 0.252 e. The van der Waals surface area contributed by atoms with Crippen molar-refractivity contribution in [1.82, 2.24) is 10.3 Å². The monoisotopic (exact) mass is 328 g/mol. The van der Waals surface area contributed by atoms with Crippen LogP contribution in [0.4, 0.5) is 0 Å². The molecule has 2 aromatic rings. The molecule has 1 amide bonds. The molecule has 3 rings (SSSR count). The number of nitrogens with one attached hydrogen (secondary N) is 1. The Bertz CT molecular complexity index is 657. The quantitative estimate of drug-likeness (QED) is 0.913. The van der Waals surface area contributed by atoms with Gasteiger partial charge in [-0.3, -0.25) is 4.79 Å². The Hall–Kier alpha value is -2.01. The Labute approximate surface area is 140 Å². The van der Waals surface area contributed by atoms with Crippen molar-refractivity contribution in [2.45, 2.75) is 25.5 Å². The summed E-state index contributed by atoms with van der Waals surface area (Å²) in [5, 5.41) is 3.01. The van der Waals surface area contributed by atoms with Crippen LogP contribution in [-0.4, -0.2) is 28.5 Å². The predicted molar refractivity (Wildman–Crippen MR) is 92.9 cm³/mol. The number of hydrogen-bond acceptors (Lipinski definition) is 4. The molecule has 0 bridgehead atoms. The highest BCUT2D eigenvalue weighted by Crippen LogP contribution is 2.22. The highest BCUT2D eigenvalue weighted by Gasteiger charge is 2.18. The third-order valence-electron chi connectivity index (χ3n) is 3.82. The largest absolute Gasteiger partial charge is 0.473 e. The van der Waals surface area contributed by atoms with Gasteiger partial charge in [-0.15, -0.1) is 0 Å². The standard InChI is InChI=1S/C18H20N2O2S/c1-13(14-5-3-2-4-6-14)20-18(21)15-7-9-19-17(11-15)22-16-8-10-23-12-16/h2-7,9,11,13,16H,8,10,12H2,1H3,(H,20,21). The van der Waals surface area contributed by atoms with Gasteiger partial charge in [0, 0.05) is 23.6 Å². The molecule has 2 atom stereocenters. The summed E-state index contributed by atoms with van der Waals surface area (Å²) in [5.41, 5.74) is 1.65. The van der Waals surface area contributed by atoms with E-state index in [1.165, 1.54) is 0 Å². The van der Waals surface area contributed by atoms with Crippen molar-refractivity contribution in [1.29, 1.82) is 0 Å². The highest BCUT2D eigenvalue weighted by molar-refractivity contribution is 7.99. The van der Waals surface area contributed by atoms with E-state index in [1.54, 1.807) is 18.3 Å². The van der Waals surface area contributed by atoms with Crippen molar-refractivity contribution in [3.05, 3.63) is 59.8 Å². The van der Waals surface area contributed by atoms with Gasteiger partial charge in [0.05, 0.1) is 6.04 Å². The van der Waals surface area contributed by atoms with E-state index < -0.39 is 0 Å². The molecule has 1 aromatic heterocycles. The van der Waals surface area contributed by atoms with E-state index in [0.29, 0.717) is 11.4 Å². The van der Waals surface area contributed by atoms with Crippen molar-refractivity contribution >= 4 is 17.7 Å². The molecule has 1 N–H and O–H groups in total. The maximum atomic E-state index is 12.4. The van der Waals surface area contributed by atoms with E-state index in [0.717, 1.165) is 23.5 Å². The third-order valence-corrected chi connectivity index (χ3v) is 4.95. The molecule has 2 unspecified atom stereocenters. The normalized spacial score (nSPS) is 18.4. The van der Waals surface area contributed by atoms with Crippen LogP contribution in [0.1, 0.15) is 35.3 Å². The first-order valence-corrected chi connectivity index (χ1v) is 8.94. The van der Waals surface area contributed by atoms with Gasteiger partial charge < -0.3 is 10.1 Å². The fourth-order valence-corrected chi connectivity index (χ4v) is 3.59. The molecule has 120 valence electrons. The van der Waals surface area contributed by atoms with E-state index in [-0.39, 0.29) is 18.1 Å². The number of carbonyl (C=O) groups excluding carboxylic acids is 1. The molecule has 0 radical (unpaired) electrons. The van der Waals surface area contributed by atoms with Crippen LogP contribution in [0.15, 0.2) is 48.7 Å². The second-order valence-corrected chi connectivity index (χ2v) is 6.74. The molecule has 5 heteroatoms. The zero-order chi connectivity index (χ0) is 16.1. The van der Waals surface area contributed by atoms with Crippen molar-refractivity contribution in [2.75, 3.05) is 11.5 Å². The molecule has 0 aliphatic carbocycles. The van der Waals surface area contributed by atoms with Gasteiger partial charge in [0.1, 0.15) is 6.10 Å². The average Bonchev–Trinajstić information content (AvgIpc) is 3.09. The summed E-state index contributed by atoms with van der Waals surface area (Å²) < 4.78 is 5.84. The topological polar surface area (TPSA) is 51.2 Å². The zero-order valence-corrected chi connectivity index (χ0v) is 13.9. The van der Waals surface area contributed by atoms with Gasteiger partial charge in [-0.25, -0.2) is 4.98 Å². The lowest BCUT2D eigenvalue weighted by Crippen LogP contribution is -2.26. The molecule has 0 spiro atoms. The number of aromatic nitrogens is 1. The lowest BCUT2D eigenvalue weighted by molar-refractivity contribution is 0.0939. The summed E-state index contributed by atoms with van der Waals surface area (Å²) in [6, 6.07) is 13.3. The molecule has 4 nitrogen and oxygen atoms in total. The molecule has 0 saturated carbocycles. The Morgan fingerprint density at radius 2 is 2.17 bits per heavy atom. The number of nitrogens with zero attached hydrogens (tertiary/aromatic N) is 1. The molecule has 2 heterocycles. The van der Waals surface area contributed by atoms with Crippen LogP contribution in [0, 0.1) is 0 Å². The Morgan fingerprint density at radius 1 is 1.35 bits per heavy atom. The minimum absolute atomic E-state index is 0.0486. The summed E-state index contributed by atoms with van der Waals surface area (Å²) in [4.78, 5) is 16.6. The minimum atomic E-state index is -0.116. The van der Waals surface area contributed by atoms with Crippen LogP contribution in [0.25, 0.3) is 0 Å². The summed E-state index contributed by atoms with van der Waals surface area (Å²) in [7, 11) is 0. The lowest BCUT2D eigenvalue weighted by Gasteiger charge is -2.15. The van der Waals surface area contributed by atoms with Crippen LogP contribution >= 0.6 is 11.8 Å². The Balaban J connectivity index is 1.65. The number of carbonyl (C=O) groups is 1. The first-order chi connectivity index (χ1) is 11.2. The molecular formula is C18H20N2O2S. The molecule has 1 saturated heterocycles. The van der Waals surface area contributed by atoms with Crippen molar-refractivity contribution in [3.63, 3.8) is 0 Å². The SMILES string of the molecule is CC(NC(=O)c1ccnc(OC2CCSC2)c1)c1ccccc1. The average molecular weight is 328 g/mol. The van der Waals surface area contributed by atoms with Gasteiger partial charge in [-0.2, -0.15) is 11.8 Å². The number of rotatable bonds is 5. The van der Waals surface area contributed by atoms with Crippen LogP contribution in [0.5, 0.6) is 5.88 Å². The Morgan fingerprint density at radius 3 is 2.91 bits per heavy atom. The minimum Gasteiger partial charge on any atom is -0.473 e. The Kier molecular flexibility index (Phi) is 5.18. The van der Waals surface area contributed by atoms with Gasteiger partial charge >= 0.3 is 0 Å². The number of hydrogen-bond donors (Lipinski definition) is 1. The van der Waals surface area contributed by atoms with Gasteiger partial charge in [0.2, 0.25) is 5.88 Å². The van der Waals surface area contributed by atoms with Gasteiger partial charge in [0.25, 0.3) is 5.91 Å². The van der Waals surface area contributed by atoms with E-state index in [4.69, 9.17) is 4.74 Å². The molecule has 1 fully saturated rings. The highest BCUT2D eigenvalue weighted by atomic mass is 32.2. The van der Waals surface area contributed by atoms with E-state index in [1.807, 2.05) is 49.0 Å². The summed E-state index contributed by atoms with van der Waals surface area (Å²) in [5.74, 6) is 2.52. The first-order valence-electron chi connectivity index (χ1n) is 7.78. The predicted octanol–water partition coefficient (Wildman–Crippen LogP) is 3.46. The fraction of sp³-hybridized carbons (Fsp3) is 0.333. The van der Waals surface area contributed by atoms with E-state index in [9.17, 15) is 4.79 Å². The van der Waals surface area contributed by atoms with Gasteiger partial charge in [0.15, 0.2) is 0 Å². The number of amides is 1. The van der Waals surface area contributed by atoms with Gasteiger partial charge in [-0.05, 0) is 30.7 Å². The van der Waals surface area contributed by atoms with Crippen LogP contribution in [0.3, 0.4) is 0 Å². The fourth-order valence-electron chi connectivity index (χ4n) is 2.50. The third kappa shape index (κ3) is 4.26. The lowest BCUT2D eigenvalue weighted by atomic mass is 10.1. The number of pyridine rings is 1. The van der Waals surface area contributed by atoms with Crippen molar-refractivity contribution < 1.29 is 9.53 Å². The molecule has 1 aromatic carbocycles. The van der Waals surface area contributed by atoms with Crippen molar-refractivity contribution in [3.8, 4) is 5.88 Å². The number of thioether (sulfide) groups is 1. The maximum absolute atomic E-state index is 12.4.